The average Bonchev–Trinajstić information content (AvgIpc) is 2.69. The highest BCUT2D eigenvalue weighted by Gasteiger charge is 2.14. The number of hydrogen-bond acceptors (Lipinski definition) is 3. The number of rotatable bonds is 2. The van der Waals surface area contributed by atoms with Crippen molar-refractivity contribution in [3.63, 3.8) is 0 Å². The van der Waals surface area contributed by atoms with E-state index in [-0.39, 0.29) is 0 Å². The molecule has 1 heterocycles. The van der Waals surface area contributed by atoms with Crippen molar-refractivity contribution in [1.29, 1.82) is 0 Å². The number of nitrogens with one attached hydrogen (secondary N) is 1. The summed E-state index contributed by atoms with van der Waals surface area (Å²) >= 11 is 1.87. The first-order valence-electron chi connectivity index (χ1n) is 5.36. The molecule has 0 aromatic heterocycles. The summed E-state index contributed by atoms with van der Waals surface area (Å²) in [5, 5.41) is 4.65. The van der Waals surface area contributed by atoms with E-state index in [4.69, 9.17) is 0 Å². The van der Waals surface area contributed by atoms with Crippen molar-refractivity contribution in [2.24, 2.45) is 10.9 Å². The quantitative estimate of drug-likeness (QED) is 0.736. The van der Waals surface area contributed by atoms with Crippen LogP contribution >= 0.6 is 11.8 Å². The largest absolute Gasteiger partial charge is 0.365 e. The summed E-state index contributed by atoms with van der Waals surface area (Å²) in [7, 11) is 0. The Morgan fingerprint density at radius 2 is 2.15 bits per heavy atom. The van der Waals surface area contributed by atoms with E-state index >= 15 is 0 Å². The molecule has 0 aromatic rings. The number of hydrogen-bond donors (Lipinski definition) is 1. The van der Waals surface area contributed by atoms with Gasteiger partial charge in [0.25, 0.3) is 0 Å². The number of thioether (sulfide) groups is 1. The van der Waals surface area contributed by atoms with Gasteiger partial charge in [-0.05, 0) is 18.8 Å². The third-order valence-corrected chi connectivity index (χ3v) is 3.79. The molecule has 0 radical (unpaired) electrons. The van der Waals surface area contributed by atoms with Crippen LogP contribution in [0.1, 0.15) is 32.1 Å². The summed E-state index contributed by atoms with van der Waals surface area (Å²) in [6, 6.07) is 0. The fourth-order valence-electron chi connectivity index (χ4n) is 2.06. The maximum absolute atomic E-state index is 4.39. The summed E-state index contributed by atoms with van der Waals surface area (Å²) in [4.78, 5) is 4.39. The lowest BCUT2D eigenvalue weighted by atomic mass is 9.89. The second kappa shape index (κ2) is 4.89. The molecule has 1 N–H and O–H groups in total. The lowest BCUT2D eigenvalue weighted by molar-refractivity contribution is 0.357. The number of nitrogens with zero attached hydrogens (tertiary/aromatic N) is 1. The number of amidine groups is 1. The fourth-order valence-corrected chi connectivity index (χ4v) is 2.81. The van der Waals surface area contributed by atoms with Gasteiger partial charge in [-0.15, -0.1) is 0 Å². The van der Waals surface area contributed by atoms with Crippen LogP contribution in [0.4, 0.5) is 0 Å². The molecule has 3 heteroatoms. The van der Waals surface area contributed by atoms with Gasteiger partial charge in [-0.3, -0.25) is 4.99 Å². The van der Waals surface area contributed by atoms with Crippen LogP contribution in [-0.4, -0.2) is 24.0 Å². The van der Waals surface area contributed by atoms with Gasteiger partial charge in [0.15, 0.2) is 5.17 Å². The van der Waals surface area contributed by atoms with Gasteiger partial charge in [-0.2, -0.15) is 0 Å². The van der Waals surface area contributed by atoms with Gasteiger partial charge in [-0.25, -0.2) is 0 Å². The molecule has 0 saturated heterocycles. The van der Waals surface area contributed by atoms with Crippen molar-refractivity contribution in [2.45, 2.75) is 32.1 Å². The second-order valence-electron chi connectivity index (χ2n) is 3.92. The van der Waals surface area contributed by atoms with Crippen LogP contribution < -0.4 is 5.32 Å². The monoisotopic (exact) mass is 198 g/mol. The lowest BCUT2D eigenvalue weighted by Gasteiger charge is -2.21. The molecule has 0 amide bonds. The van der Waals surface area contributed by atoms with Crippen molar-refractivity contribution in [1.82, 2.24) is 5.32 Å². The molecule has 0 atom stereocenters. The Bertz CT molecular complexity index is 185. The maximum atomic E-state index is 4.39. The highest BCUT2D eigenvalue weighted by molar-refractivity contribution is 8.14. The molecule has 1 aliphatic carbocycles. The summed E-state index contributed by atoms with van der Waals surface area (Å²) in [6.45, 7) is 2.17. The maximum Gasteiger partial charge on any atom is 0.156 e. The van der Waals surface area contributed by atoms with Crippen molar-refractivity contribution >= 4 is 16.9 Å². The van der Waals surface area contributed by atoms with E-state index in [1.165, 1.54) is 43.0 Å². The van der Waals surface area contributed by atoms with E-state index in [0.29, 0.717) is 0 Å². The minimum atomic E-state index is 0.914. The average molecular weight is 198 g/mol. The first kappa shape index (κ1) is 9.38. The molecule has 74 valence electrons. The molecule has 2 nitrogen and oxygen atoms in total. The SMILES string of the molecule is C1CCC(CNC2=NCCS2)CC1. The summed E-state index contributed by atoms with van der Waals surface area (Å²) < 4.78 is 0. The molecule has 0 unspecified atom stereocenters. The molecule has 1 saturated carbocycles. The molecule has 0 spiro atoms. The summed E-state index contributed by atoms with van der Waals surface area (Å²) in [6.07, 6.45) is 7.17. The molecule has 0 aromatic carbocycles. The number of aliphatic imine (C=N–C) groups is 1. The molecular formula is C10H18N2S. The molecule has 2 rings (SSSR count). The van der Waals surface area contributed by atoms with Crippen molar-refractivity contribution in [2.75, 3.05) is 18.8 Å². The van der Waals surface area contributed by atoms with Gasteiger partial charge in [0.2, 0.25) is 0 Å². The fraction of sp³-hybridized carbons (Fsp3) is 0.900. The van der Waals surface area contributed by atoms with Crippen LogP contribution in [0.15, 0.2) is 4.99 Å². The Labute approximate surface area is 84.6 Å². The Morgan fingerprint density at radius 3 is 2.85 bits per heavy atom. The standard InChI is InChI=1S/C10H18N2S/c1-2-4-9(5-3-1)8-12-10-11-6-7-13-10/h9H,1-8H2,(H,11,12). The van der Waals surface area contributed by atoms with Crippen LogP contribution in [-0.2, 0) is 0 Å². The Morgan fingerprint density at radius 1 is 1.31 bits per heavy atom. The van der Waals surface area contributed by atoms with E-state index in [9.17, 15) is 0 Å². The van der Waals surface area contributed by atoms with Crippen LogP contribution in [0.5, 0.6) is 0 Å². The van der Waals surface area contributed by atoms with Crippen LogP contribution in [0.2, 0.25) is 0 Å². The van der Waals surface area contributed by atoms with Gasteiger partial charge in [-0.1, -0.05) is 31.0 Å². The smallest absolute Gasteiger partial charge is 0.156 e. The Kier molecular flexibility index (Phi) is 3.53. The van der Waals surface area contributed by atoms with Crippen LogP contribution in [0, 0.1) is 5.92 Å². The van der Waals surface area contributed by atoms with Gasteiger partial charge >= 0.3 is 0 Å². The van der Waals surface area contributed by atoms with Gasteiger partial charge < -0.3 is 5.32 Å². The van der Waals surface area contributed by atoms with E-state index < -0.39 is 0 Å². The minimum Gasteiger partial charge on any atom is -0.365 e. The van der Waals surface area contributed by atoms with Crippen LogP contribution in [0.3, 0.4) is 0 Å². The molecule has 0 bridgehead atoms. The second-order valence-corrected chi connectivity index (χ2v) is 5.00. The zero-order valence-electron chi connectivity index (χ0n) is 8.09. The zero-order valence-corrected chi connectivity index (χ0v) is 8.91. The topological polar surface area (TPSA) is 24.4 Å². The Balaban J connectivity index is 1.66. The van der Waals surface area contributed by atoms with E-state index in [0.717, 1.165) is 19.0 Å². The molecule has 1 aliphatic heterocycles. The van der Waals surface area contributed by atoms with Crippen molar-refractivity contribution in [3.05, 3.63) is 0 Å². The van der Waals surface area contributed by atoms with Gasteiger partial charge in [0.1, 0.15) is 0 Å². The zero-order chi connectivity index (χ0) is 8.93. The molecular weight excluding hydrogens is 180 g/mol. The highest BCUT2D eigenvalue weighted by Crippen LogP contribution is 2.23. The van der Waals surface area contributed by atoms with E-state index in [2.05, 4.69) is 10.3 Å². The van der Waals surface area contributed by atoms with Crippen LogP contribution in [0.25, 0.3) is 0 Å². The molecule has 13 heavy (non-hydrogen) atoms. The first-order chi connectivity index (χ1) is 6.45. The minimum absolute atomic E-state index is 0.914. The molecule has 1 fully saturated rings. The lowest BCUT2D eigenvalue weighted by Crippen LogP contribution is -2.27. The van der Waals surface area contributed by atoms with Gasteiger partial charge in [0, 0.05) is 12.3 Å². The predicted octanol–water partition coefficient (Wildman–Crippen LogP) is 2.26. The van der Waals surface area contributed by atoms with Crippen molar-refractivity contribution in [3.8, 4) is 0 Å². The normalized spacial score (nSPS) is 24.5. The molecule has 2 aliphatic rings. The summed E-state index contributed by atoms with van der Waals surface area (Å²) in [5.41, 5.74) is 0. The third kappa shape index (κ3) is 2.90. The predicted molar refractivity (Wildman–Crippen MR) is 59.3 cm³/mol. The van der Waals surface area contributed by atoms with E-state index in [1.54, 1.807) is 0 Å². The highest BCUT2D eigenvalue weighted by atomic mass is 32.2. The third-order valence-electron chi connectivity index (χ3n) is 2.85. The first-order valence-corrected chi connectivity index (χ1v) is 6.35. The Hall–Kier alpha value is -0.180. The van der Waals surface area contributed by atoms with Gasteiger partial charge in [0.05, 0.1) is 6.54 Å². The van der Waals surface area contributed by atoms with Crippen molar-refractivity contribution < 1.29 is 0 Å². The van der Waals surface area contributed by atoms with E-state index in [1.807, 2.05) is 11.8 Å². The summed E-state index contributed by atoms with van der Waals surface area (Å²) in [5.74, 6) is 2.09.